The van der Waals surface area contributed by atoms with Crippen LogP contribution in [-0.4, -0.2) is 49.7 Å². The molecule has 2 unspecified atom stereocenters. The zero-order valence-corrected chi connectivity index (χ0v) is 9.95. The second kappa shape index (κ2) is 6.08. The number of nitrogens with zero attached hydrogens (tertiary/aromatic N) is 1. The van der Waals surface area contributed by atoms with Crippen LogP contribution in [0.15, 0.2) is 0 Å². The smallest absolute Gasteiger partial charge is 0.248 e. The average molecular weight is 214 g/mol. The minimum Gasteiger partial charge on any atom is -0.367 e. The Balaban J connectivity index is 2.26. The molecular weight excluding hydrogens is 192 g/mol. The van der Waals surface area contributed by atoms with Gasteiger partial charge in [0.2, 0.25) is 5.91 Å². The first-order valence-electron chi connectivity index (χ1n) is 5.74. The standard InChI is InChI=1S/C11H22N2O2/c1-4-13(3)11(14)8-15-10-6-5-7-12-9(10)2/h9-10,12H,4-8H2,1-3H3. The van der Waals surface area contributed by atoms with Crippen molar-refractivity contribution in [3.63, 3.8) is 0 Å². The van der Waals surface area contributed by atoms with E-state index in [0.29, 0.717) is 6.04 Å². The molecule has 4 nitrogen and oxygen atoms in total. The molecule has 1 fully saturated rings. The molecule has 0 bridgehead atoms. The first kappa shape index (κ1) is 12.5. The molecule has 0 aromatic rings. The lowest BCUT2D eigenvalue weighted by Crippen LogP contribution is -2.45. The molecule has 0 aromatic heterocycles. The number of nitrogens with one attached hydrogen (secondary N) is 1. The number of hydrogen-bond donors (Lipinski definition) is 1. The van der Waals surface area contributed by atoms with Crippen molar-refractivity contribution in [2.45, 2.75) is 38.8 Å². The molecule has 2 atom stereocenters. The molecule has 0 saturated carbocycles. The predicted molar refractivity (Wildman–Crippen MR) is 59.7 cm³/mol. The number of ether oxygens (including phenoxy) is 1. The van der Waals surface area contributed by atoms with E-state index in [0.717, 1.165) is 25.9 Å². The lowest BCUT2D eigenvalue weighted by atomic mass is 10.0. The minimum atomic E-state index is 0.0651. The number of carbonyl (C=O) groups is 1. The third kappa shape index (κ3) is 3.80. The van der Waals surface area contributed by atoms with Gasteiger partial charge in [-0.2, -0.15) is 0 Å². The summed E-state index contributed by atoms with van der Waals surface area (Å²) in [4.78, 5) is 13.2. The quantitative estimate of drug-likeness (QED) is 0.746. The summed E-state index contributed by atoms with van der Waals surface area (Å²) in [5.74, 6) is 0.0651. The second-order valence-electron chi connectivity index (χ2n) is 4.14. The lowest BCUT2D eigenvalue weighted by molar-refractivity contribution is -0.137. The Kier molecular flexibility index (Phi) is 5.05. The van der Waals surface area contributed by atoms with Gasteiger partial charge in [0.1, 0.15) is 6.61 Å². The van der Waals surface area contributed by atoms with E-state index in [4.69, 9.17) is 4.74 Å². The summed E-state index contributed by atoms with van der Waals surface area (Å²) < 4.78 is 5.63. The van der Waals surface area contributed by atoms with E-state index in [1.807, 2.05) is 6.92 Å². The molecule has 1 saturated heterocycles. The van der Waals surface area contributed by atoms with Crippen molar-refractivity contribution in [1.29, 1.82) is 0 Å². The highest BCUT2D eigenvalue weighted by atomic mass is 16.5. The van der Waals surface area contributed by atoms with Crippen molar-refractivity contribution < 1.29 is 9.53 Å². The fraction of sp³-hybridized carbons (Fsp3) is 0.909. The van der Waals surface area contributed by atoms with Crippen LogP contribution in [0.25, 0.3) is 0 Å². The maximum absolute atomic E-state index is 11.5. The monoisotopic (exact) mass is 214 g/mol. The molecule has 88 valence electrons. The molecule has 1 heterocycles. The third-order valence-electron chi connectivity index (χ3n) is 3.01. The molecule has 1 N–H and O–H groups in total. The van der Waals surface area contributed by atoms with E-state index in [-0.39, 0.29) is 18.6 Å². The summed E-state index contributed by atoms with van der Waals surface area (Å²) in [5, 5.41) is 3.35. The van der Waals surface area contributed by atoms with Crippen molar-refractivity contribution in [3.8, 4) is 0 Å². The van der Waals surface area contributed by atoms with Gasteiger partial charge in [-0.05, 0) is 33.2 Å². The van der Waals surface area contributed by atoms with Crippen molar-refractivity contribution in [2.75, 3.05) is 26.7 Å². The number of hydrogen-bond acceptors (Lipinski definition) is 3. The third-order valence-corrected chi connectivity index (χ3v) is 3.01. The van der Waals surface area contributed by atoms with Gasteiger partial charge in [0.15, 0.2) is 0 Å². The Labute approximate surface area is 92.0 Å². The first-order chi connectivity index (χ1) is 7.15. The van der Waals surface area contributed by atoms with E-state index < -0.39 is 0 Å². The molecule has 15 heavy (non-hydrogen) atoms. The Hall–Kier alpha value is -0.610. The summed E-state index contributed by atoms with van der Waals surface area (Å²) in [6.45, 7) is 6.08. The molecule has 0 spiro atoms. The predicted octanol–water partition coefficient (Wildman–Crippen LogP) is 0.622. The van der Waals surface area contributed by atoms with Crippen molar-refractivity contribution in [1.82, 2.24) is 10.2 Å². The summed E-state index contributed by atoms with van der Waals surface area (Å²) in [5.41, 5.74) is 0. The highest BCUT2D eigenvalue weighted by molar-refractivity contribution is 5.77. The summed E-state index contributed by atoms with van der Waals surface area (Å²) in [7, 11) is 1.80. The Bertz CT molecular complexity index is 209. The van der Waals surface area contributed by atoms with Gasteiger partial charge < -0.3 is 15.0 Å². The fourth-order valence-electron chi connectivity index (χ4n) is 1.71. The molecule has 4 heteroatoms. The zero-order valence-electron chi connectivity index (χ0n) is 9.95. The Morgan fingerprint density at radius 2 is 2.33 bits per heavy atom. The van der Waals surface area contributed by atoms with Crippen LogP contribution < -0.4 is 5.32 Å². The number of amides is 1. The number of rotatable bonds is 4. The molecule has 1 amide bonds. The van der Waals surface area contributed by atoms with Crippen LogP contribution in [0.1, 0.15) is 26.7 Å². The van der Waals surface area contributed by atoms with E-state index in [9.17, 15) is 4.79 Å². The van der Waals surface area contributed by atoms with Crippen LogP contribution in [0.5, 0.6) is 0 Å². The lowest BCUT2D eigenvalue weighted by Gasteiger charge is -2.30. The van der Waals surface area contributed by atoms with Gasteiger partial charge in [-0.1, -0.05) is 0 Å². The van der Waals surface area contributed by atoms with Gasteiger partial charge in [0.05, 0.1) is 6.10 Å². The van der Waals surface area contributed by atoms with Crippen LogP contribution in [0, 0.1) is 0 Å². The molecular formula is C11H22N2O2. The van der Waals surface area contributed by atoms with Gasteiger partial charge in [-0.25, -0.2) is 0 Å². The average Bonchev–Trinajstić information content (AvgIpc) is 2.26. The van der Waals surface area contributed by atoms with Gasteiger partial charge in [0, 0.05) is 19.6 Å². The van der Waals surface area contributed by atoms with Crippen molar-refractivity contribution in [3.05, 3.63) is 0 Å². The fourth-order valence-corrected chi connectivity index (χ4v) is 1.71. The normalized spacial score (nSPS) is 26.3. The summed E-state index contributed by atoms with van der Waals surface area (Å²) in [6.07, 6.45) is 2.37. The minimum absolute atomic E-state index is 0.0651. The van der Waals surface area contributed by atoms with Crippen LogP contribution in [0.4, 0.5) is 0 Å². The van der Waals surface area contributed by atoms with Gasteiger partial charge in [0.25, 0.3) is 0 Å². The molecule has 0 aliphatic carbocycles. The Morgan fingerprint density at radius 1 is 1.60 bits per heavy atom. The molecule has 1 aliphatic heterocycles. The Morgan fingerprint density at radius 3 is 2.93 bits per heavy atom. The zero-order chi connectivity index (χ0) is 11.3. The van der Waals surface area contributed by atoms with Crippen LogP contribution in [0.3, 0.4) is 0 Å². The topological polar surface area (TPSA) is 41.6 Å². The number of carbonyl (C=O) groups excluding carboxylic acids is 1. The maximum atomic E-state index is 11.5. The van der Waals surface area contributed by atoms with Gasteiger partial charge in [-0.3, -0.25) is 4.79 Å². The number of piperidine rings is 1. The van der Waals surface area contributed by atoms with Gasteiger partial charge in [-0.15, -0.1) is 0 Å². The van der Waals surface area contributed by atoms with Crippen LogP contribution in [-0.2, 0) is 9.53 Å². The molecule has 0 radical (unpaired) electrons. The van der Waals surface area contributed by atoms with Crippen molar-refractivity contribution in [2.24, 2.45) is 0 Å². The summed E-state index contributed by atoms with van der Waals surface area (Å²) >= 11 is 0. The molecule has 0 aromatic carbocycles. The van der Waals surface area contributed by atoms with E-state index in [1.54, 1.807) is 11.9 Å². The maximum Gasteiger partial charge on any atom is 0.248 e. The van der Waals surface area contributed by atoms with E-state index in [2.05, 4.69) is 12.2 Å². The first-order valence-corrected chi connectivity index (χ1v) is 5.74. The molecule has 1 rings (SSSR count). The molecule has 1 aliphatic rings. The van der Waals surface area contributed by atoms with Crippen molar-refractivity contribution >= 4 is 5.91 Å². The van der Waals surface area contributed by atoms with E-state index in [1.165, 1.54) is 0 Å². The SMILES string of the molecule is CCN(C)C(=O)COC1CCCNC1C. The van der Waals surface area contributed by atoms with Crippen LogP contribution in [0.2, 0.25) is 0 Å². The summed E-state index contributed by atoms with van der Waals surface area (Å²) in [6, 6.07) is 0.360. The number of likely N-dealkylation sites (N-methyl/N-ethyl adjacent to an activating group) is 1. The van der Waals surface area contributed by atoms with E-state index >= 15 is 0 Å². The van der Waals surface area contributed by atoms with Gasteiger partial charge >= 0.3 is 0 Å². The largest absolute Gasteiger partial charge is 0.367 e. The highest BCUT2D eigenvalue weighted by Gasteiger charge is 2.22. The highest BCUT2D eigenvalue weighted by Crippen LogP contribution is 2.12. The van der Waals surface area contributed by atoms with Crippen LogP contribution >= 0.6 is 0 Å². The second-order valence-corrected chi connectivity index (χ2v) is 4.14.